The Kier molecular flexibility index (Phi) is 6.83. The Morgan fingerprint density at radius 2 is 1.78 bits per heavy atom. The maximum absolute atomic E-state index is 12.9. The molecule has 6 nitrogen and oxygen atoms in total. The largest absolute Gasteiger partial charge is 0.376 e. The molecule has 0 radical (unpaired) electrons. The minimum absolute atomic E-state index is 0.00337. The highest BCUT2D eigenvalue weighted by Gasteiger charge is 2.28. The van der Waals surface area contributed by atoms with Crippen molar-refractivity contribution < 1.29 is 22.3 Å². The quantitative estimate of drug-likeness (QED) is 0.738. The second kappa shape index (κ2) is 9.12. The van der Waals surface area contributed by atoms with Gasteiger partial charge < -0.3 is 10.1 Å². The lowest BCUT2D eigenvalue weighted by atomic mass is 9.81. The van der Waals surface area contributed by atoms with Crippen LogP contribution in [0.5, 0.6) is 0 Å². The summed E-state index contributed by atoms with van der Waals surface area (Å²) >= 11 is 0. The van der Waals surface area contributed by atoms with E-state index < -0.39 is 15.8 Å². The van der Waals surface area contributed by atoms with Crippen molar-refractivity contribution in [1.29, 1.82) is 0 Å². The van der Waals surface area contributed by atoms with E-state index in [4.69, 9.17) is 4.74 Å². The van der Waals surface area contributed by atoms with E-state index in [1.807, 2.05) is 0 Å². The van der Waals surface area contributed by atoms with Crippen LogP contribution in [0.4, 0.5) is 4.39 Å². The van der Waals surface area contributed by atoms with Crippen LogP contribution in [0.3, 0.4) is 0 Å². The summed E-state index contributed by atoms with van der Waals surface area (Å²) in [5.74, 6) is -0.181. The molecule has 1 aromatic rings. The van der Waals surface area contributed by atoms with Crippen molar-refractivity contribution in [1.82, 2.24) is 10.0 Å². The molecule has 27 heavy (non-hydrogen) atoms. The molecule has 2 N–H and O–H groups in total. The number of benzene rings is 1. The molecule has 150 valence electrons. The van der Waals surface area contributed by atoms with Gasteiger partial charge in [0.1, 0.15) is 5.82 Å². The number of carbonyl (C=O) groups is 1. The fourth-order valence-corrected chi connectivity index (χ4v) is 4.83. The van der Waals surface area contributed by atoms with Gasteiger partial charge in [-0.2, -0.15) is 0 Å². The van der Waals surface area contributed by atoms with E-state index in [-0.39, 0.29) is 28.7 Å². The Bertz CT molecular complexity index is 725. The van der Waals surface area contributed by atoms with Crippen LogP contribution in [0.2, 0.25) is 0 Å². The number of sulfonamides is 1. The standard InChI is InChI=1S/C19H27FN2O4S/c20-16-7-9-18(10-8-16)27(24,25)22-12-14-3-5-15(6-4-14)19(23)21-13-17-2-1-11-26-17/h7-10,14-15,17,22H,1-6,11-13H2,(H,21,23). The molecule has 1 saturated carbocycles. The lowest BCUT2D eigenvalue weighted by molar-refractivity contribution is -0.126. The van der Waals surface area contributed by atoms with E-state index in [0.717, 1.165) is 57.3 Å². The fourth-order valence-electron chi connectivity index (χ4n) is 3.72. The molecule has 1 unspecified atom stereocenters. The first-order chi connectivity index (χ1) is 12.9. The Morgan fingerprint density at radius 1 is 1.07 bits per heavy atom. The SMILES string of the molecule is O=C(NCC1CCCO1)C1CCC(CNS(=O)(=O)c2ccc(F)cc2)CC1. The lowest BCUT2D eigenvalue weighted by Gasteiger charge is -2.28. The monoisotopic (exact) mass is 398 g/mol. The lowest BCUT2D eigenvalue weighted by Crippen LogP contribution is -2.38. The predicted octanol–water partition coefficient (Wildman–Crippen LogP) is 2.21. The van der Waals surface area contributed by atoms with Crippen molar-refractivity contribution in [2.45, 2.75) is 49.5 Å². The molecule has 1 amide bonds. The van der Waals surface area contributed by atoms with Crippen LogP contribution < -0.4 is 10.0 Å². The van der Waals surface area contributed by atoms with Gasteiger partial charge in [-0.3, -0.25) is 4.79 Å². The van der Waals surface area contributed by atoms with Crippen molar-refractivity contribution in [2.24, 2.45) is 11.8 Å². The molecule has 1 aliphatic carbocycles. The summed E-state index contributed by atoms with van der Waals surface area (Å²) in [5.41, 5.74) is 0. The number of ether oxygens (including phenoxy) is 1. The summed E-state index contributed by atoms with van der Waals surface area (Å²) in [5, 5.41) is 2.99. The van der Waals surface area contributed by atoms with Crippen LogP contribution in [0.1, 0.15) is 38.5 Å². The van der Waals surface area contributed by atoms with Gasteiger partial charge in [0.2, 0.25) is 15.9 Å². The van der Waals surface area contributed by atoms with E-state index in [1.54, 1.807) is 0 Å². The molecule has 0 bridgehead atoms. The summed E-state index contributed by atoms with van der Waals surface area (Å²) in [4.78, 5) is 12.3. The Morgan fingerprint density at radius 3 is 2.41 bits per heavy atom. The zero-order valence-electron chi connectivity index (χ0n) is 15.3. The number of halogens is 1. The molecule has 0 spiro atoms. The van der Waals surface area contributed by atoms with E-state index >= 15 is 0 Å². The number of hydrogen-bond donors (Lipinski definition) is 2. The minimum atomic E-state index is -3.63. The molecule has 1 aromatic carbocycles. The molecule has 1 saturated heterocycles. The van der Waals surface area contributed by atoms with Gasteiger partial charge in [-0.15, -0.1) is 0 Å². The highest BCUT2D eigenvalue weighted by molar-refractivity contribution is 7.89. The average molecular weight is 399 g/mol. The molecule has 3 rings (SSSR count). The van der Waals surface area contributed by atoms with Gasteiger partial charge in [0.05, 0.1) is 11.0 Å². The fraction of sp³-hybridized carbons (Fsp3) is 0.632. The highest BCUT2D eigenvalue weighted by Crippen LogP contribution is 2.29. The van der Waals surface area contributed by atoms with Crippen LogP contribution in [0.15, 0.2) is 29.2 Å². The van der Waals surface area contributed by atoms with Gasteiger partial charge in [0.15, 0.2) is 0 Å². The average Bonchev–Trinajstić information content (AvgIpc) is 3.19. The summed E-state index contributed by atoms with van der Waals surface area (Å²) in [6, 6.07) is 4.78. The normalized spacial score (nSPS) is 26.0. The first-order valence-electron chi connectivity index (χ1n) is 9.58. The molecule has 2 aliphatic rings. The number of nitrogens with one attached hydrogen (secondary N) is 2. The zero-order valence-corrected chi connectivity index (χ0v) is 16.1. The van der Waals surface area contributed by atoms with Gasteiger partial charge in [-0.1, -0.05) is 0 Å². The highest BCUT2D eigenvalue weighted by atomic mass is 32.2. The maximum Gasteiger partial charge on any atom is 0.240 e. The zero-order chi connectivity index (χ0) is 19.3. The first-order valence-corrected chi connectivity index (χ1v) is 11.1. The van der Waals surface area contributed by atoms with E-state index in [2.05, 4.69) is 10.0 Å². The third-order valence-corrected chi connectivity index (χ3v) is 6.87. The summed E-state index contributed by atoms with van der Waals surface area (Å²) in [6.07, 6.45) is 5.35. The predicted molar refractivity (Wildman–Crippen MR) is 99.0 cm³/mol. The smallest absolute Gasteiger partial charge is 0.240 e. The van der Waals surface area contributed by atoms with Crippen molar-refractivity contribution in [3.8, 4) is 0 Å². The third-order valence-electron chi connectivity index (χ3n) is 5.43. The van der Waals surface area contributed by atoms with Crippen LogP contribution in [-0.4, -0.2) is 40.1 Å². The molecule has 0 aromatic heterocycles. The Labute approximate surface area is 159 Å². The number of amides is 1. The van der Waals surface area contributed by atoms with Crippen LogP contribution >= 0.6 is 0 Å². The minimum Gasteiger partial charge on any atom is -0.376 e. The van der Waals surface area contributed by atoms with Crippen molar-refractivity contribution in [3.05, 3.63) is 30.1 Å². The second-order valence-corrected chi connectivity index (χ2v) is 9.17. The van der Waals surface area contributed by atoms with Crippen LogP contribution in [0.25, 0.3) is 0 Å². The first kappa shape index (κ1) is 20.2. The Balaban J connectivity index is 1.40. The Hall–Kier alpha value is -1.51. The summed E-state index contributed by atoms with van der Waals surface area (Å²) in [7, 11) is -3.63. The van der Waals surface area contributed by atoms with E-state index in [9.17, 15) is 17.6 Å². The maximum atomic E-state index is 12.9. The topological polar surface area (TPSA) is 84.5 Å². The number of carbonyl (C=O) groups excluding carboxylic acids is 1. The van der Waals surface area contributed by atoms with Gasteiger partial charge in [0, 0.05) is 25.6 Å². The van der Waals surface area contributed by atoms with Crippen molar-refractivity contribution >= 4 is 15.9 Å². The second-order valence-electron chi connectivity index (χ2n) is 7.40. The molecule has 1 heterocycles. The van der Waals surface area contributed by atoms with Crippen LogP contribution in [-0.2, 0) is 19.6 Å². The van der Waals surface area contributed by atoms with E-state index in [1.165, 1.54) is 12.1 Å². The molecule has 1 aliphatic heterocycles. The molecule has 1 atom stereocenters. The molecule has 8 heteroatoms. The number of hydrogen-bond acceptors (Lipinski definition) is 4. The van der Waals surface area contributed by atoms with Gasteiger partial charge in [-0.05, 0) is 68.7 Å². The summed E-state index contributed by atoms with van der Waals surface area (Å²) < 4.78 is 45.6. The van der Waals surface area contributed by atoms with Crippen LogP contribution in [0, 0.1) is 17.7 Å². The van der Waals surface area contributed by atoms with E-state index in [0.29, 0.717) is 13.1 Å². The van der Waals surface area contributed by atoms with Gasteiger partial charge in [-0.25, -0.2) is 17.5 Å². The molecule has 2 fully saturated rings. The van der Waals surface area contributed by atoms with Crippen molar-refractivity contribution in [3.63, 3.8) is 0 Å². The van der Waals surface area contributed by atoms with Gasteiger partial charge >= 0.3 is 0 Å². The summed E-state index contributed by atoms with van der Waals surface area (Å²) in [6.45, 7) is 1.69. The molecular formula is C19H27FN2O4S. The van der Waals surface area contributed by atoms with Crippen molar-refractivity contribution in [2.75, 3.05) is 19.7 Å². The van der Waals surface area contributed by atoms with Gasteiger partial charge in [0.25, 0.3) is 0 Å². The number of rotatable bonds is 7. The third kappa shape index (κ3) is 5.73. The molecular weight excluding hydrogens is 371 g/mol.